The lowest BCUT2D eigenvalue weighted by Gasteiger charge is -2.49. The highest BCUT2D eigenvalue weighted by atomic mass is 16.8. The monoisotopic (exact) mass is 416 g/mol. The molecule has 0 bridgehead atoms. The van der Waals surface area contributed by atoms with Crippen molar-refractivity contribution < 1.29 is 34.6 Å². The zero-order valence-electron chi connectivity index (χ0n) is 17.1. The molecule has 0 aliphatic carbocycles. The molecule has 30 heavy (non-hydrogen) atoms. The lowest BCUT2D eigenvalue weighted by molar-refractivity contribution is -0.389. The molecule has 0 saturated carbocycles. The molecule has 7 heteroatoms. The maximum atomic E-state index is 10.7. The van der Waals surface area contributed by atoms with Gasteiger partial charge < -0.3 is 34.6 Å². The van der Waals surface area contributed by atoms with Gasteiger partial charge in [-0.25, -0.2) is 0 Å². The minimum absolute atomic E-state index is 0.193. The van der Waals surface area contributed by atoms with E-state index in [2.05, 4.69) is 38.1 Å². The molecule has 7 nitrogen and oxygen atoms in total. The summed E-state index contributed by atoms with van der Waals surface area (Å²) in [6.45, 7) is 3.58. The fourth-order valence-corrected chi connectivity index (χ4v) is 4.08. The quantitative estimate of drug-likeness (QED) is 0.597. The summed E-state index contributed by atoms with van der Waals surface area (Å²) < 4.78 is 17.0. The van der Waals surface area contributed by atoms with Crippen molar-refractivity contribution in [2.24, 2.45) is 0 Å². The number of aliphatic hydroxyl groups excluding tert-OH is 4. The largest absolute Gasteiger partial charge is 0.467 e. The topological polar surface area (TPSA) is 109 Å². The summed E-state index contributed by atoms with van der Waals surface area (Å²) in [6, 6.07) is 13.9. The molecule has 2 aliphatic rings. The van der Waals surface area contributed by atoms with Gasteiger partial charge in [-0.2, -0.15) is 0 Å². The van der Waals surface area contributed by atoms with Gasteiger partial charge in [0, 0.05) is 0 Å². The second-order valence-electron chi connectivity index (χ2n) is 8.24. The third-order valence-corrected chi connectivity index (χ3v) is 5.91. The highest BCUT2D eigenvalue weighted by Crippen LogP contribution is 2.46. The van der Waals surface area contributed by atoms with Gasteiger partial charge in [0.2, 0.25) is 5.79 Å². The highest BCUT2D eigenvalue weighted by Gasteiger charge is 2.58. The number of aliphatic hydroxyl groups is 4. The number of ether oxygens (including phenoxy) is 3. The van der Waals surface area contributed by atoms with Crippen molar-refractivity contribution in [2.75, 3.05) is 13.4 Å². The fourth-order valence-electron chi connectivity index (χ4n) is 4.08. The molecule has 0 radical (unpaired) electrons. The van der Waals surface area contributed by atoms with E-state index in [1.165, 1.54) is 5.56 Å². The summed E-state index contributed by atoms with van der Waals surface area (Å²) in [6.07, 6.45) is -5.01. The summed E-state index contributed by atoms with van der Waals surface area (Å²) in [4.78, 5) is 0. The molecular weight excluding hydrogens is 388 g/mol. The van der Waals surface area contributed by atoms with E-state index in [0.29, 0.717) is 23.7 Å². The van der Waals surface area contributed by atoms with Gasteiger partial charge in [-0.1, -0.05) is 44.2 Å². The first-order valence-electron chi connectivity index (χ1n) is 10.2. The van der Waals surface area contributed by atoms with Crippen molar-refractivity contribution in [3.05, 3.63) is 64.7 Å². The van der Waals surface area contributed by atoms with Gasteiger partial charge in [-0.05, 0) is 41.2 Å². The van der Waals surface area contributed by atoms with Crippen molar-refractivity contribution >= 4 is 0 Å². The van der Waals surface area contributed by atoms with Gasteiger partial charge in [-0.3, -0.25) is 0 Å². The first kappa shape index (κ1) is 21.2. The van der Waals surface area contributed by atoms with Crippen LogP contribution < -0.4 is 4.74 Å². The first-order valence-corrected chi connectivity index (χ1v) is 10.2. The molecule has 2 aromatic rings. The number of fused-ring (bicyclic) bond motifs is 2. The minimum atomic E-state index is -1.74. The number of hydrogen-bond donors (Lipinski definition) is 4. The van der Waals surface area contributed by atoms with Crippen molar-refractivity contribution in [3.8, 4) is 5.75 Å². The molecule has 0 aromatic heterocycles. The summed E-state index contributed by atoms with van der Waals surface area (Å²) in [7, 11) is 0. The van der Waals surface area contributed by atoms with Gasteiger partial charge in [0.1, 0.15) is 30.2 Å². The standard InChI is InChI=1S/C23H28O7/c1-13(2)16-6-3-14(4-7-16)9-15-5-8-18-17(10-15)23(29-12-28-18)22(27)21(26)20(25)19(11-24)30-23/h3-8,10,13,19-22,24-27H,9,11-12H2,1-2H3/t19-,20-,21+,22-,23+/m1/s1. The summed E-state index contributed by atoms with van der Waals surface area (Å²) >= 11 is 0. The molecule has 5 atom stereocenters. The lowest BCUT2D eigenvalue weighted by atomic mass is 9.86. The Balaban J connectivity index is 1.68. The predicted octanol–water partition coefficient (Wildman–Crippen LogP) is 1.39. The Morgan fingerprint density at radius 3 is 2.37 bits per heavy atom. The highest BCUT2D eigenvalue weighted by molar-refractivity contribution is 5.44. The van der Waals surface area contributed by atoms with Crippen LogP contribution in [0.25, 0.3) is 0 Å². The molecule has 0 amide bonds. The SMILES string of the molecule is CC(C)c1ccc(Cc2ccc3c(c2)[C@]2(OCO3)O[C@H](CO)[C@@H](O)[C@H](O)[C@H]2O)cc1. The summed E-state index contributed by atoms with van der Waals surface area (Å²) in [5, 5.41) is 40.8. The summed E-state index contributed by atoms with van der Waals surface area (Å²) in [5.74, 6) is -0.820. The van der Waals surface area contributed by atoms with E-state index in [-0.39, 0.29) is 6.79 Å². The van der Waals surface area contributed by atoms with E-state index in [9.17, 15) is 20.4 Å². The molecule has 2 aromatic carbocycles. The van der Waals surface area contributed by atoms with Crippen molar-refractivity contribution in [3.63, 3.8) is 0 Å². The molecule has 1 fully saturated rings. The van der Waals surface area contributed by atoms with Crippen LogP contribution in [0.5, 0.6) is 5.75 Å². The van der Waals surface area contributed by atoms with E-state index in [1.807, 2.05) is 12.1 Å². The van der Waals surface area contributed by atoms with E-state index in [0.717, 1.165) is 11.1 Å². The second kappa shape index (κ2) is 8.26. The predicted molar refractivity (Wildman–Crippen MR) is 108 cm³/mol. The number of hydrogen-bond acceptors (Lipinski definition) is 7. The van der Waals surface area contributed by atoms with Gasteiger partial charge in [0.15, 0.2) is 6.79 Å². The molecular formula is C23H28O7. The Morgan fingerprint density at radius 2 is 1.70 bits per heavy atom. The fraction of sp³-hybridized carbons (Fsp3) is 0.478. The van der Waals surface area contributed by atoms with Gasteiger partial charge in [-0.15, -0.1) is 0 Å². The van der Waals surface area contributed by atoms with Crippen LogP contribution in [0.2, 0.25) is 0 Å². The molecule has 2 heterocycles. The smallest absolute Gasteiger partial charge is 0.231 e. The van der Waals surface area contributed by atoms with Crippen molar-refractivity contribution in [2.45, 2.75) is 56.4 Å². The van der Waals surface area contributed by atoms with Gasteiger partial charge in [0.05, 0.1) is 12.2 Å². The molecule has 4 N–H and O–H groups in total. The van der Waals surface area contributed by atoms with Crippen molar-refractivity contribution in [1.29, 1.82) is 0 Å². The van der Waals surface area contributed by atoms with Crippen LogP contribution in [0, 0.1) is 0 Å². The van der Waals surface area contributed by atoms with Crippen molar-refractivity contribution in [1.82, 2.24) is 0 Å². The number of rotatable bonds is 4. The van der Waals surface area contributed by atoms with Gasteiger partial charge >= 0.3 is 0 Å². The van der Waals surface area contributed by atoms with Crippen LogP contribution >= 0.6 is 0 Å². The van der Waals surface area contributed by atoms with E-state index >= 15 is 0 Å². The average molecular weight is 416 g/mol. The van der Waals surface area contributed by atoms with Gasteiger partial charge in [0.25, 0.3) is 0 Å². The Bertz CT molecular complexity index is 880. The Hall–Kier alpha value is -2.00. The maximum absolute atomic E-state index is 10.7. The third-order valence-electron chi connectivity index (χ3n) is 5.91. The number of benzene rings is 2. The molecule has 4 rings (SSSR count). The summed E-state index contributed by atoms with van der Waals surface area (Å²) in [5.41, 5.74) is 3.75. The average Bonchev–Trinajstić information content (AvgIpc) is 2.75. The molecule has 162 valence electrons. The molecule has 1 saturated heterocycles. The van der Waals surface area contributed by atoms with Crippen LogP contribution in [-0.4, -0.2) is 58.2 Å². The van der Waals surface area contributed by atoms with E-state index < -0.39 is 36.8 Å². The molecule has 2 aliphatic heterocycles. The van der Waals surface area contributed by atoms with Crippen LogP contribution in [0.4, 0.5) is 0 Å². The van der Waals surface area contributed by atoms with E-state index in [1.54, 1.807) is 6.07 Å². The second-order valence-corrected chi connectivity index (χ2v) is 8.24. The molecule has 0 unspecified atom stereocenters. The Labute approximate surface area is 175 Å². The Morgan fingerprint density at radius 1 is 1.00 bits per heavy atom. The van der Waals surface area contributed by atoms with Crippen LogP contribution in [0.1, 0.15) is 42.0 Å². The van der Waals surface area contributed by atoms with E-state index in [4.69, 9.17) is 14.2 Å². The third kappa shape index (κ3) is 3.62. The molecule has 1 spiro atoms. The van der Waals surface area contributed by atoms with Crippen LogP contribution in [-0.2, 0) is 21.7 Å². The lowest BCUT2D eigenvalue weighted by Crippen LogP contribution is -2.65. The minimum Gasteiger partial charge on any atom is -0.467 e. The Kier molecular flexibility index (Phi) is 5.85. The van der Waals surface area contributed by atoms with Crippen LogP contribution in [0.15, 0.2) is 42.5 Å². The zero-order valence-corrected chi connectivity index (χ0v) is 17.1. The first-order chi connectivity index (χ1) is 14.4. The van der Waals surface area contributed by atoms with Crippen LogP contribution in [0.3, 0.4) is 0 Å². The normalized spacial score (nSPS) is 30.9. The zero-order chi connectivity index (χ0) is 21.5. The maximum Gasteiger partial charge on any atom is 0.231 e.